The molecule has 0 aromatic rings. The molecule has 0 radical (unpaired) electrons. The maximum atomic E-state index is 12.1. The van der Waals surface area contributed by atoms with E-state index in [-0.39, 0.29) is 6.10 Å². The highest BCUT2D eigenvalue weighted by molar-refractivity contribution is 7.81. The van der Waals surface area contributed by atoms with Crippen LogP contribution in [0, 0.1) is 11.8 Å². The third-order valence-corrected chi connectivity index (χ3v) is 8.92. The van der Waals surface area contributed by atoms with Crippen LogP contribution >= 0.6 is 12.6 Å². The van der Waals surface area contributed by atoms with Crippen LogP contribution in [0.1, 0.15) is 52.4 Å². The van der Waals surface area contributed by atoms with Crippen molar-refractivity contribution in [3.63, 3.8) is 0 Å². The van der Waals surface area contributed by atoms with Gasteiger partial charge in [-0.2, -0.15) is 12.6 Å². The monoisotopic (exact) mass is 548 g/mol. The molecule has 2 saturated carbocycles. The molecule has 37 heavy (non-hydrogen) atoms. The van der Waals surface area contributed by atoms with Gasteiger partial charge in [0.05, 0.1) is 18.2 Å². The van der Waals surface area contributed by atoms with Gasteiger partial charge in [0.2, 0.25) is 5.91 Å². The predicted octanol–water partition coefficient (Wildman–Crippen LogP) is -0.876. The number of carboxylic acid groups (broad SMARTS) is 1. The summed E-state index contributed by atoms with van der Waals surface area (Å²) in [6.45, 7) is 3.05. The molecule has 0 aromatic heterocycles. The molecule has 4 aliphatic rings. The van der Waals surface area contributed by atoms with Crippen LogP contribution in [0.2, 0.25) is 0 Å². The number of nitrogens with one attached hydrogen (secondary N) is 1. The van der Waals surface area contributed by atoms with Gasteiger partial charge in [-0.1, -0.05) is 12.8 Å². The van der Waals surface area contributed by atoms with Gasteiger partial charge in [0.25, 0.3) is 0 Å². The topological polar surface area (TPSA) is 190 Å². The van der Waals surface area contributed by atoms with Crippen LogP contribution in [-0.4, -0.2) is 105 Å². The largest absolute Gasteiger partial charge is 0.479 e. The Balaban J connectivity index is 1.51. The van der Waals surface area contributed by atoms with Crippen molar-refractivity contribution in [1.82, 2.24) is 5.32 Å². The van der Waals surface area contributed by atoms with E-state index in [0.717, 1.165) is 38.5 Å². The number of rotatable bonds is 6. The van der Waals surface area contributed by atoms with E-state index in [9.17, 15) is 30.0 Å². The minimum absolute atomic E-state index is 0.104. The Bertz CT molecular complexity index is 822. The lowest BCUT2D eigenvalue weighted by Crippen LogP contribution is -2.69. The summed E-state index contributed by atoms with van der Waals surface area (Å²) in [6.07, 6.45) is -5.48. The van der Waals surface area contributed by atoms with Gasteiger partial charge >= 0.3 is 5.97 Å². The molecule has 2 aliphatic carbocycles. The molecule has 4 rings (SSSR count). The summed E-state index contributed by atoms with van der Waals surface area (Å²) in [4.78, 5) is 23.7. The maximum absolute atomic E-state index is 12.1. The molecule has 2 aliphatic heterocycles. The number of fused-ring (bicyclic) bond motifs is 1. The van der Waals surface area contributed by atoms with Gasteiger partial charge in [-0.15, -0.1) is 0 Å². The summed E-state index contributed by atoms with van der Waals surface area (Å²) in [5.41, 5.74) is 6.37. The van der Waals surface area contributed by atoms with E-state index in [1.54, 1.807) is 6.92 Å². The lowest BCUT2D eigenvalue weighted by Gasteiger charge is -2.49. The van der Waals surface area contributed by atoms with Gasteiger partial charge < -0.3 is 50.4 Å². The van der Waals surface area contributed by atoms with Crippen LogP contribution in [0.4, 0.5) is 0 Å². The molecule has 14 atom stereocenters. The van der Waals surface area contributed by atoms with Crippen molar-refractivity contribution in [1.29, 1.82) is 0 Å². The molecule has 13 heteroatoms. The number of hydrogen-bond acceptors (Lipinski definition) is 11. The first kappa shape index (κ1) is 29.0. The zero-order valence-electron chi connectivity index (χ0n) is 21.1. The number of aliphatic carboxylic acids is 1. The van der Waals surface area contributed by atoms with Crippen LogP contribution in [0.25, 0.3) is 0 Å². The van der Waals surface area contributed by atoms with Crippen molar-refractivity contribution in [3.05, 3.63) is 0 Å². The second-order valence-electron chi connectivity index (χ2n) is 10.8. The predicted molar refractivity (Wildman–Crippen MR) is 131 cm³/mol. The number of aliphatic hydroxyl groups is 3. The van der Waals surface area contributed by atoms with Crippen LogP contribution < -0.4 is 11.1 Å². The van der Waals surface area contributed by atoms with Gasteiger partial charge in [-0.25, -0.2) is 4.79 Å². The van der Waals surface area contributed by atoms with E-state index in [2.05, 4.69) is 5.32 Å². The molecule has 7 N–H and O–H groups in total. The van der Waals surface area contributed by atoms with Crippen molar-refractivity contribution in [2.75, 3.05) is 0 Å². The molecule has 14 unspecified atom stereocenters. The quantitative estimate of drug-likeness (QED) is 0.161. The lowest BCUT2D eigenvalue weighted by atomic mass is 9.69. The molecule has 0 aromatic carbocycles. The molecule has 2 saturated heterocycles. The fourth-order valence-corrected chi connectivity index (χ4v) is 6.82. The van der Waals surface area contributed by atoms with Gasteiger partial charge in [-0.3, -0.25) is 4.79 Å². The number of thiol groups is 1. The van der Waals surface area contributed by atoms with Crippen LogP contribution in [0.15, 0.2) is 0 Å². The highest BCUT2D eigenvalue weighted by atomic mass is 32.1. The fourth-order valence-electron chi connectivity index (χ4n) is 6.24. The first-order valence-corrected chi connectivity index (χ1v) is 13.6. The van der Waals surface area contributed by atoms with E-state index in [1.807, 2.05) is 0 Å². The molecule has 2 heterocycles. The second-order valence-corrected chi connectivity index (χ2v) is 11.5. The average Bonchev–Trinajstić information content (AvgIpc) is 2.84. The molecule has 4 fully saturated rings. The number of aliphatic hydroxyl groups excluding tert-OH is 3. The van der Waals surface area contributed by atoms with Gasteiger partial charge in [0.1, 0.15) is 30.5 Å². The number of carboxylic acids is 1. The smallest absolute Gasteiger partial charge is 0.335 e. The average molecular weight is 549 g/mol. The van der Waals surface area contributed by atoms with Crippen LogP contribution in [0.5, 0.6) is 0 Å². The fraction of sp³-hybridized carbons (Fsp3) is 0.917. The van der Waals surface area contributed by atoms with E-state index < -0.39 is 73.2 Å². The SMILES string of the molecule is CC(=O)NC1C(OC2CCC3C(S)CCCC3C2)OC(C)C(N)C1OC1OC(C(=O)O)C(O)C(O)C1O. The van der Waals surface area contributed by atoms with E-state index >= 15 is 0 Å². The van der Waals surface area contributed by atoms with Crippen LogP contribution in [0.3, 0.4) is 0 Å². The summed E-state index contributed by atoms with van der Waals surface area (Å²) in [7, 11) is 0. The van der Waals surface area contributed by atoms with E-state index in [1.165, 1.54) is 6.92 Å². The Morgan fingerprint density at radius 2 is 1.73 bits per heavy atom. The number of nitrogens with two attached hydrogens (primary N) is 1. The Hall–Kier alpha value is -1.03. The van der Waals surface area contributed by atoms with Crippen molar-refractivity contribution in [2.24, 2.45) is 17.6 Å². The summed E-state index contributed by atoms with van der Waals surface area (Å²) in [5, 5.41) is 43.2. The third kappa shape index (κ3) is 6.25. The molecule has 1 amide bonds. The summed E-state index contributed by atoms with van der Waals surface area (Å²) < 4.78 is 23.7. The number of carbonyl (C=O) groups excluding carboxylic acids is 1. The Kier molecular flexibility index (Phi) is 9.40. The number of carbonyl (C=O) groups is 2. The highest BCUT2D eigenvalue weighted by Gasteiger charge is 2.52. The lowest BCUT2D eigenvalue weighted by molar-refractivity contribution is -0.328. The highest BCUT2D eigenvalue weighted by Crippen LogP contribution is 2.44. The number of hydrogen-bond donors (Lipinski definition) is 7. The molecular formula is C24H40N2O10S. The van der Waals surface area contributed by atoms with Crippen molar-refractivity contribution in [3.8, 4) is 0 Å². The molecule has 12 nitrogen and oxygen atoms in total. The molecule has 0 spiro atoms. The summed E-state index contributed by atoms with van der Waals surface area (Å²) in [6, 6.07) is -1.73. The Labute approximate surface area is 221 Å². The summed E-state index contributed by atoms with van der Waals surface area (Å²) >= 11 is 4.78. The molecule has 212 valence electrons. The normalized spacial score (nSPS) is 48.6. The first-order valence-electron chi connectivity index (χ1n) is 13.1. The number of ether oxygens (including phenoxy) is 4. The van der Waals surface area contributed by atoms with Gasteiger partial charge in [0.15, 0.2) is 18.7 Å². The van der Waals surface area contributed by atoms with Crippen molar-refractivity contribution >= 4 is 24.5 Å². The van der Waals surface area contributed by atoms with Gasteiger partial charge in [0, 0.05) is 12.2 Å². The Morgan fingerprint density at radius 3 is 2.41 bits per heavy atom. The Morgan fingerprint density at radius 1 is 1.00 bits per heavy atom. The maximum Gasteiger partial charge on any atom is 0.335 e. The zero-order valence-corrected chi connectivity index (χ0v) is 22.0. The minimum atomic E-state index is -1.86. The number of amides is 1. The van der Waals surface area contributed by atoms with E-state index in [4.69, 9.17) is 37.3 Å². The molecular weight excluding hydrogens is 508 g/mol. The van der Waals surface area contributed by atoms with E-state index in [0.29, 0.717) is 17.1 Å². The zero-order chi connectivity index (χ0) is 27.0. The first-order chi connectivity index (χ1) is 17.5. The van der Waals surface area contributed by atoms with Crippen LogP contribution in [-0.2, 0) is 28.5 Å². The van der Waals surface area contributed by atoms with Crippen molar-refractivity contribution in [2.45, 2.75) is 125 Å². The van der Waals surface area contributed by atoms with Crippen molar-refractivity contribution < 1.29 is 49.0 Å². The second kappa shape index (κ2) is 12.0. The third-order valence-electron chi connectivity index (χ3n) is 8.28. The van der Waals surface area contributed by atoms with Gasteiger partial charge in [-0.05, 0) is 44.4 Å². The molecule has 0 bridgehead atoms. The summed E-state index contributed by atoms with van der Waals surface area (Å²) in [5.74, 6) is -0.850. The minimum Gasteiger partial charge on any atom is -0.479 e. The standard InChI is InChI=1S/C24H40N2O10S/c1-9-15(25)20(35-24-19(30)17(28)18(29)21(36-24)22(31)32)16(26-10(2)27)23(33-9)34-12-6-7-13-11(8-12)4-3-5-14(13)37/h9,11-21,23-24,28-30,37H,3-8,25H2,1-2H3,(H,26,27)(H,31,32).